The highest BCUT2D eigenvalue weighted by atomic mass is 16.5. The molecule has 3 heterocycles. The number of hydrogen-bond acceptors (Lipinski definition) is 4. The smallest absolute Gasteiger partial charge is 0.228 e. The summed E-state index contributed by atoms with van der Waals surface area (Å²) in [5, 5.41) is 0. The van der Waals surface area contributed by atoms with E-state index in [0.29, 0.717) is 18.4 Å². The number of imidazole rings is 1. The van der Waals surface area contributed by atoms with Gasteiger partial charge in [0.15, 0.2) is 0 Å². The Morgan fingerprint density at radius 1 is 1.36 bits per heavy atom. The number of carbonyl (C=O) groups excluding carboxylic acids is 1. The molecule has 2 aliphatic rings. The number of amides is 1. The van der Waals surface area contributed by atoms with Crippen LogP contribution in [0.4, 0.5) is 0 Å². The van der Waals surface area contributed by atoms with E-state index in [1.165, 1.54) is 11.5 Å². The van der Waals surface area contributed by atoms with Crippen LogP contribution in [0.5, 0.6) is 0 Å². The van der Waals surface area contributed by atoms with Crippen LogP contribution >= 0.6 is 0 Å². The summed E-state index contributed by atoms with van der Waals surface area (Å²) in [5.74, 6) is 2.20. The van der Waals surface area contributed by atoms with Gasteiger partial charge in [-0.2, -0.15) is 0 Å². The molecular formula is C19H31N3O3. The first kappa shape index (κ1) is 18.4. The minimum atomic E-state index is 0.0962. The Kier molecular flexibility index (Phi) is 6.48. The van der Waals surface area contributed by atoms with Gasteiger partial charge in [0.05, 0.1) is 12.5 Å². The van der Waals surface area contributed by atoms with E-state index in [4.69, 9.17) is 9.47 Å². The van der Waals surface area contributed by atoms with E-state index in [-0.39, 0.29) is 5.92 Å². The largest absolute Gasteiger partial charge is 0.385 e. The molecule has 1 amide bonds. The maximum atomic E-state index is 12.5. The molecule has 0 aromatic carbocycles. The van der Waals surface area contributed by atoms with Gasteiger partial charge in [-0.05, 0) is 38.5 Å². The van der Waals surface area contributed by atoms with Crippen LogP contribution in [0.1, 0.15) is 37.2 Å². The Morgan fingerprint density at radius 2 is 2.16 bits per heavy atom. The highest BCUT2D eigenvalue weighted by Crippen LogP contribution is 2.24. The van der Waals surface area contributed by atoms with Crippen molar-refractivity contribution in [1.82, 2.24) is 14.5 Å². The Labute approximate surface area is 150 Å². The van der Waals surface area contributed by atoms with Crippen LogP contribution in [-0.4, -0.2) is 60.4 Å². The molecular weight excluding hydrogens is 318 g/mol. The van der Waals surface area contributed by atoms with Gasteiger partial charge in [0.1, 0.15) is 5.82 Å². The Hall–Kier alpha value is -1.40. The minimum absolute atomic E-state index is 0.0962. The summed E-state index contributed by atoms with van der Waals surface area (Å²) in [6.07, 6.45) is 7.02. The van der Waals surface area contributed by atoms with Crippen LogP contribution in [0.15, 0.2) is 6.20 Å². The summed E-state index contributed by atoms with van der Waals surface area (Å²) in [4.78, 5) is 19.2. The maximum Gasteiger partial charge on any atom is 0.228 e. The number of nitrogens with zero attached hydrogens (tertiary/aromatic N) is 3. The number of methoxy groups -OCH3 is 1. The van der Waals surface area contributed by atoms with E-state index >= 15 is 0 Å². The van der Waals surface area contributed by atoms with Gasteiger partial charge in [0.25, 0.3) is 0 Å². The molecule has 0 saturated carbocycles. The van der Waals surface area contributed by atoms with Crippen LogP contribution in [0, 0.1) is 18.8 Å². The molecule has 0 radical (unpaired) electrons. The van der Waals surface area contributed by atoms with Crippen molar-refractivity contribution in [2.45, 2.75) is 45.6 Å². The normalized spacial score (nSPS) is 21.8. The molecule has 0 N–H and O–H groups in total. The molecule has 1 aromatic heterocycles. The van der Waals surface area contributed by atoms with Crippen molar-refractivity contribution in [3.05, 3.63) is 17.7 Å². The molecule has 2 saturated heterocycles. The highest BCUT2D eigenvalue weighted by Gasteiger charge is 2.31. The number of aryl methyl sites for hydroxylation is 1. The van der Waals surface area contributed by atoms with Crippen molar-refractivity contribution in [1.29, 1.82) is 0 Å². The zero-order valence-electron chi connectivity index (χ0n) is 15.6. The van der Waals surface area contributed by atoms with E-state index in [1.54, 1.807) is 7.11 Å². The summed E-state index contributed by atoms with van der Waals surface area (Å²) in [5.41, 5.74) is 1.22. The lowest BCUT2D eigenvalue weighted by Gasteiger charge is -2.33. The third-order valence-corrected chi connectivity index (χ3v) is 5.54. The first-order valence-electron chi connectivity index (χ1n) is 9.55. The fourth-order valence-corrected chi connectivity index (χ4v) is 3.95. The second-order valence-corrected chi connectivity index (χ2v) is 7.35. The van der Waals surface area contributed by atoms with E-state index in [2.05, 4.69) is 16.5 Å². The van der Waals surface area contributed by atoms with Crippen molar-refractivity contribution in [2.24, 2.45) is 11.8 Å². The molecule has 1 unspecified atom stereocenters. The number of ether oxygens (including phenoxy) is 2. The van der Waals surface area contributed by atoms with Crippen molar-refractivity contribution >= 4 is 5.91 Å². The van der Waals surface area contributed by atoms with Gasteiger partial charge in [-0.25, -0.2) is 4.98 Å². The van der Waals surface area contributed by atoms with E-state index < -0.39 is 0 Å². The monoisotopic (exact) mass is 349 g/mol. The molecule has 25 heavy (non-hydrogen) atoms. The van der Waals surface area contributed by atoms with Crippen LogP contribution in [0.25, 0.3) is 0 Å². The fraction of sp³-hybridized carbons (Fsp3) is 0.789. The van der Waals surface area contributed by atoms with Crippen LogP contribution in [0.3, 0.4) is 0 Å². The lowest BCUT2D eigenvalue weighted by atomic mass is 9.92. The fourth-order valence-electron chi connectivity index (χ4n) is 3.95. The van der Waals surface area contributed by atoms with E-state index in [0.717, 1.165) is 65.0 Å². The number of piperidine rings is 1. The van der Waals surface area contributed by atoms with Gasteiger partial charge >= 0.3 is 0 Å². The zero-order chi connectivity index (χ0) is 17.6. The van der Waals surface area contributed by atoms with Gasteiger partial charge in [0, 0.05) is 58.3 Å². The third-order valence-electron chi connectivity index (χ3n) is 5.54. The Bertz CT molecular complexity index is 558. The van der Waals surface area contributed by atoms with E-state index in [1.807, 2.05) is 11.1 Å². The van der Waals surface area contributed by atoms with Gasteiger partial charge in [-0.3, -0.25) is 4.79 Å². The maximum absolute atomic E-state index is 12.5. The van der Waals surface area contributed by atoms with Crippen molar-refractivity contribution in [2.75, 3.05) is 40.0 Å². The minimum Gasteiger partial charge on any atom is -0.385 e. The summed E-state index contributed by atoms with van der Waals surface area (Å²) >= 11 is 0. The van der Waals surface area contributed by atoms with Crippen LogP contribution < -0.4 is 0 Å². The van der Waals surface area contributed by atoms with Gasteiger partial charge in [-0.1, -0.05) is 0 Å². The molecule has 3 rings (SSSR count). The standard InChI is InChI=1S/C19H31N3O3/c1-15-13-20-18(22(15)7-3-10-24-2)12-16-4-8-21(9-5-16)19(23)17-6-11-25-14-17/h13,16-17H,3-12,14H2,1-2H3. The summed E-state index contributed by atoms with van der Waals surface area (Å²) < 4.78 is 12.8. The number of rotatable bonds is 7. The zero-order valence-corrected chi connectivity index (χ0v) is 15.6. The first-order chi connectivity index (χ1) is 12.2. The number of carbonyl (C=O) groups is 1. The number of likely N-dealkylation sites (tertiary alicyclic amines) is 1. The molecule has 1 atom stereocenters. The molecule has 6 heteroatoms. The van der Waals surface area contributed by atoms with Gasteiger partial charge in [0.2, 0.25) is 5.91 Å². The predicted molar refractivity (Wildman–Crippen MR) is 95.4 cm³/mol. The molecule has 0 spiro atoms. The van der Waals surface area contributed by atoms with E-state index in [9.17, 15) is 4.79 Å². The number of hydrogen-bond donors (Lipinski definition) is 0. The van der Waals surface area contributed by atoms with Crippen LogP contribution in [0.2, 0.25) is 0 Å². The second-order valence-electron chi connectivity index (χ2n) is 7.35. The lowest BCUT2D eigenvalue weighted by molar-refractivity contribution is -0.136. The first-order valence-corrected chi connectivity index (χ1v) is 9.55. The molecule has 140 valence electrons. The molecule has 2 fully saturated rings. The SMILES string of the molecule is COCCCn1c(C)cnc1CC1CCN(C(=O)C2CCOC2)CC1. The molecule has 6 nitrogen and oxygen atoms in total. The molecule has 1 aromatic rings. The average molecular weight is 349 g/mol. The predicted octanol–water partition coefficient (Wildman–Crippen LogP) is 2.05. The highest BCUT2D eigenvalue weighted by molar-refractivity contribution is 5.79. The summed E-state index contributed by atoms with van der Waals surface area (Å²) in [7, 11) is 1.74. The average Bonchev–Trinajstić information content (AvgIpc) is 3.27. The second kappa shape index (κ2) is 8.81. The van der Waals surface area contributed by atoms with Crippen molar-refractivity contribution in [3.8, 4) is 0 Å². The lowest BCUT2D eigenvalue weighted by Crippen LogP contribution is -2.42. The molecule has 0 aliphatic carbocycles. The molecule has 0 bridgehead atoms. The van der Waals surface area contributed by atoms with Crippen molar-refractivity contribution < 1.29 is 14.3 Å². The quantitative estimate of drug-likeness (QED) is 0.707. The summed E-state index contributed by atoms with van der Waals surface area (Å²) in [6.45, 7) is 6.96. The van der Waals surface area contributed by atoms with Gasteiger partial charge < -0.3 is 18.9 Å². The Balaban J connectivity index is 1.49. The van der Waals surface area contributed by atoms with Crippen molar-refractivity contribution in [3.63, 3.8) is 0 Å². The third kappa shape index (κ3) is 4.61. The summed E-state index contributed by atoms with van der Waals surface area (Å²) in [6, 6.07) is 0. The van der Waals surface area contributed by atoms with Crippen LogP contribution in [-0.2, 0) is 27.2 Å². The number of aromatic nitrogens is 2. The topological polar surface area (TPSA) is 56.6 Å². The van der Waals surface area contributed by atoms with Gasteiger partial charge in [-0.15, -0.1) is 0 Å². The Morgan fingerprint density at radius 3 is 2.84 bits per heavy atom. The molecule has 2 aliphatic heterocycles.